The van der Waals surface area contributed by atoms with Crippen molar-refractivity contribution in [1.82, 2.24) is 10.3 Å². The van der Waals surface area contributed by atoms with Crippen LogP contribution in [-0.2, 0) is 30.9 Å². The molecule has 5 aromatic carbocycles. The van der Waals surface area contributed by atoms with Crippen LogP contribution in [0.15, 0.2) is 132 Å². The maximum Gasteiger partial charge on any atom is 0.326 e. The number of benzene rings is 5. The Morgan fingerprint density at radius 3 is 2.24 bits per heavy atom. The predicted octanol–water partition coefficient (Wildman–Crippen LogP) is 5.82. The van der Waals surface area contributed by atoms with E-state index in [1.54, 1.807) is 122 Å². The van der Waals surface area contributed by atoms with E-state index in [9.17, 15) is 22.8 Å². The Bertz CT molecular complexity index is 2440. The standard InChI is InChI=1S/C40H36N6O6S.ClH/c1-2-52-37(48)26-45(31-12-4-3-5-13-31)36(47)25-46(53(50,51)35-15-7-9-28-11-8-22-43-38(28)35)32-20-21-33-30(23-32)10-6-14-34(33)40(49)44-24-27-16-18-29(19-17-27)39(41)42;/h3-23H,2,24-26H2,1H3,(H3,41,42)(H,44,49);1H. The van der Waals surface area contributed by atoms with Crippen LogP contribution in [0.2, 0.25) is 0 Å². The Hall–Kier alpha value is -6.31. The van der Waals surface area contributed by atoms with Crippen LogP contribution in [0.4, 0.5) is 11.4 Å². The van der Waals surface area contributed by atoms with E-state index in [1.807, 2.05) is 0 Å². The molecule has 4 N–H and O–H groups in total. The Labute approximate surface area is 318 Å². The van der Waals surface area contributed by atoms with Gasteiger partial charge in [-0.25, -0.2) is 8.42 Å². The molecule has 1 heterocycles. The molecule has 6 rings (SSSR count). The van der Waals surface area contributed by atoms with E-state index >= 15 is 0 Å². The normalized spacial score (nSPS) is 11.0. The lowest BCUT2D eigenvalue weighted by molar-refractivity contribution is -0.142. The smallest absolute Gasteiger partial charge is 0.326 e. The molecule has 2 amide bonds. The third-order valence-corrected chi connectivity index (χ3v) is 10.3. The number of nitrogen functional groups attached to an aromatic ring is 1. The number of fused-ring (bicyclic) bond motifs is 2. The zero-order valence-corrected chi connectivity index (χ0v) is 30.8. The number of nitrogens with one attached hydrogen (secondary N) is 2. The number of carbonyl (C=O) groups excluding carboxylic acids is 3. The van der Waals surface area contributed by atoms with Crippen molar-refractivity contribution in [3.63, 3.8) is 0 Å². The summed E-state index contributed by atoms with van der Waals surface area (Å²) in [5, 5.41) is 12.2. The molecule has 0 aliphatic carbocycles. The molecule has 0 atom stereocenters. The lowest BCUT2D eigenvalue weighted by atomic mass is 10.0. The topological polar surface area (TPSA) is 176 Å². The van der Waals surface area contributed by atoms with Crippen LogP contribution in [0.25, 0.3) is 21.7 Å². The SMILES string of the molecule is CCOC(=O)CN(C(=O)CN(c1ccc2c(C(=O)NCc3ccc(C(=N)N)cc3)cccc2c1)S(=O)(=O)c1cccc2cccnc12)c1ccccc1.Cl. The van der Waals surface area contributed by atoms with Crippen LogP contribution >= 0.6 is 12.4 Å². The van der Waals surface area contributed by atoms with Crippen LogP contribution < -0.4 is 20.3 Å². The Morgan fingerprint density at radius 1 is 0.815 bits per heavy atom. The molecule has 14 heteroatoms. The molecule has 0 saturated carbocycles. The highest BCUT2D eigenvalue weighted by Crippen LogP contribution is 2.32. The highest BCUT2D eigenvalue weighted by Gasteiger charge is 2.32. The zero-order chi connectivity index (χ0) is 37.5. The summed E-state index contributed by atoms with van der Waals surface area (Å²) < 4.78 is 35.5. The fourth-order valence-electron chi connectivity index (χ4n) is 5.90. The largest absolute Gasteiger partial charge is 0.465 e. The first-order valence-electron chi connectivity index (χ1n) is 16.7. The van der Waals surface area contributed by atoms with E-state index < -0.39 is 35.0 Å². The second-order valence-corrected chi connectivity index (χ2v) is 13.8. The van der Waals surface area contributed by atoms with Crippen molar-refractivity contribution in [3.05, 3.63) is 144 Å². The third kappa shape index (κ3) is 8.49. The highest BCUT2D eigenvalue weighted by atomic mass is 35.5. The van der Waals surface area contributed by atoms with E-state index in [1.165, 1.54) is 17.2 Å². The number of ether oxygens (including phenoxy) is 1. The van der Waals surface area contributed by atoms with E-state index in [4.69, 9.17) is 15.9 Å². The van der Waals surface area contributed by atoms with Crippen molar-refractivity contribution < 1.29 is 27.5 Å². The van der Waals surface area contributed by atoms with Crippen molar-refractivity contribution in [1.29, 1.82) is 5.41 Å². The van der Waals surface area contributed by atoms with E-state index in [-0.39, 0.29) is 53.4 Å². The number of anilines is 2. The number of esters is 1. The maximum absolute atomic E-state index is 14.7. The van der Waals surface area contributed by atoms with E-state index in [0.717, 1.165) is 9.87 Å². The van der Waals surface area contributed by atoms with Gasteiger partial charge in [-0.15, -0.1) is 12.4 Å². The second kappa shape index (κ2) is 17.0. The molecular weight excluding hydrogens is 728 g/mol. The number of carbonyl (C=O) groups is 3. The lowest BCUT2D eigenvalue weighted by Crippen LogP contribution is -2.45. The summed E-state index contributed by atoms with van der Waals surface area (Å²) in [6.45, 7) is 0.881. The summed E-state index contributed by atoms with van der Waals surface area (Å²) in [6.07, 6.45) is 1.50. The van der Waals surface area contributed by atoms with Crippen LogP contribution in [0.1, 0.15) is 28.4 Å². The van der Waals surface area contributed by atoms with Gasteiger partial charge in [-0.3, -0.25) is 34.0 Å². The Balaban J connectivity index is 0.00000561. The quantitative estimate of drug-likeness (QED) is 0.0750. The summed E-state index contributed by atoms with van der Waals surface area (Å²) >= 11 is 0. The maximum atomic E-state index is 14.7. The summed E-state index contributed by atoms with van der Waals surface area (Å²) in [7, 11) is -4.47. The number of hydrogen-bond donors (Lipinski definition) is 3. The van der Waals surface area contributed by atoms with Crippen molar-refractivity contribution in [2.75, 3.05) is 28.9 Å². The fourth-order valence-corrected chi connectivity index (χ4v) is 7.47. The summed E-state index contributed by atoms with van der Waals surface area (Å²) in [4.78, 5) is 45.7. The fraction of sp³-hybridized carbons (Fsp3) is 0.125. The van der Waals surface area contributed by atoms with Crippen molar-refractivity contribution in [2.45, 2.75) is 18.4 Å². The molecule has 54 heavy (non-hydrogen) atoms. The molecule has 0 unspecified atom stereocenters. The Morgan fingerprint density at radius 2 is 1.52 bits per heavy atom. The molecule has 0 saturated heterocycles. The first-order valence-corrected chi connectivity index (χ1v) is 18.1. The number of para-hydroxylation sites is 2. The number of amidine groups is 1. The molecule has 276 valence electrons. The van der Waals surface area contributed by atoms with Gasteiger partial charge in [-0.1, -0.05) is 78.9 Å². The molecule has 0 aliphatic rings. The van der Waals surface area contributed by atoms with Crippen molar-refractivity contribution >= 4 is 79.1 Å². The van der Waals surface area contributed by atoms with Crippen LogP contribution in [0, 0.1) is 5.41 Å². The number of nitrogens with two attached hydrogens (primary N) is 1. The van der Waals surface area contributed by atoms with Gasteiger partial charge in [0.15, 0.2) is 0 Å². The number of hydrogen-bond acceptors (Lipinski definition) is 8. The monoisotopic (exact) mass is 764 g/mol. The number of aromatic nitrogens is 1. The summed E-state index contributed by atoms with van der Waals surface area (Å²) in [5.41, 5.74) is 8.07. The zero-order valence-electron chi connectivity index (χ0n) is 29.1. The minimum absolute atomic E-state index is 0. The van der Waals surface area contributed by atoms with E-state index in [0.29, 0.717) is 33.0 Å². The summed E-state index contributed by atoms with van der Waals surface area (Å²) in [6, 6.07) is 33.6. The highest BCUT2D eigenvalue weighted by molar-refractivity contribution is 7.93. The molecule has 0 fully saturated rings. The minimum atomic E-state index is -4.47. The molecule has 0 radical (unpaired) electrons. The average molecular weight is 765 g/mol. The third-order valence-electron chi connectivity index (χ3n) is 8.52. The first kappa shape index (κ1) is 38.9. The second-order valence-electron chi connectivity index (χ2n) is 12.0. The molecule has 0 spiro atoms. The van der Waals surface area contributed by atoms with Crippen LogP contribution in [0.5, 0.6) is 0 Å². The molecule has 0 bridgehead atoms. The molecular formula is C40H37ClN6O6S. The first-order chi connectivity index (χ1) is 25.6. The lowest BCUT2D eigenvalue weighted by Gasteiger charge is -2.28. The van der Waals surface area contributed by atoms with Crippen LogP contribution in [0.3, 0.4) is 0 Å². The number of pyridine rings is 1. The van der Waals surface area contributed by atoms with Gasteiger partial charge in [-0.05, 0) is 65.7 Å². The van der Waals surface area contributed by atoms with Gasteiger partial charge in [0, 0.05) is 34.9 Å². The van der Waals surface area contributed by atoms with Crippen molar-refractivity contribution in [2.24, 2.45) is 5.73 Å². The summed E-state index contributed by atoms with van der Waals surface area (Å²) in [5.74, 6) is -1.73. The van der Waals surface area contributed by atoms with Gasteiger partial charge in [0.2, 0.25) is 5.91 Å². The molecule has 0 aliphatic heterocycles. The average Bonchev–Trinajstić information content (AvgIpc) is 3.17. The predicted molar refractivity (Wildman–Crippen MR) is 212 cm³/mol. The van der Waals surface area contributed by atoms with Gasteiger partial charge in [-0.2, -0.15) is 0 Å². The molecule has 1 aromatic heterocycles. The van der Waals surface area contributed by atoms with E-state index in [2.05, 4.69) is 10.3 Å². The number of rotatable bonds is 13. The Kier molecular flexibility index (Phi) is 12.3. The van der Waals surface area contributed by atoms with Gasteiger partial charge in [0.1, 0.15) is 23.8 Å². The van der Waals surface area contributed by atoms with Gasteiger partial charge >= 0.3 is 5.97 Å². The van der Waals surface area contributed by atoms with Gasteiger partial charge in [0.05, 0.1) is 17.8 Å². The number of sulfonamides is 1. The van der Waals surface area contributed by atoms with Gasteiger partial charge in [0.25, 0.3) is 15.9 Å². The number of amides is 2. The molecule has 12 nitrogen and oxygen atoms in total. The van der Waals surface area contributed by atoms with Gasteiger partial charge < -0.3 is 15.8 Å². The molecule has 6 aromatic rings. The number of halogens is 1. The minimum Gasteiger partial charge on any atom is -0.465 e. The van der Waals surface area contributed by atoms with Crippen LogP contribution in [-0.4, -0.2) is 56.7 Å². The van der Waals surface area contributed by atoms with Crippen molar-refractivity contribution in [3.8, 4) is 0 Å². The number of nitrogens with zero attached hydrogens (tertiary/aromatic N) is 3.